The largest absolute Gasteiger partial charge is 0.427 e. The maximum Gasteiger partial charge on any atom is 0.308 e. The van der Waals surface area contributed by atoms with Gasteiger partial charge in [0, 0.05) is 19.9 Å². The van der Waals surface area contributed by atoms with E-state index in [0.29, 0.717) is 11.3 Å². The number of ether oxygens (including phenoxy) is 1. The van der Waals surface area contributed by atoms with E-state index in [0.717, 1.165) is 0 Å². The molecule has 0 fully saturated rings. The summed E-state index contributed by atoms with van der Waals surface area (Å²) in [6.45, 7) is 2.73. The van der Waals surface area contributed by atoms with Crippen LogP contribution in [0.1, 0.15) is 19.4 Å². The molecule has 0 aliphatic carbocycles. The summed E-state index contributed by atoms with van der Waals surface area (Å²) < 4.78 is 4.83. The zero-order valence-electron chi connectivity index (χ0n) is 8.97. The van der Waals surface area contributed by atoms with Gasteiger partial charge in [0.05, 0.1) is 4.92 Å². The number of hydrogen-bond donors (Lipinski definition) is 0. The van der Waals surface area contributed by atoms with Crippen molar-refractivity contribution in [2.75, 3.05) is 0 Å². The Morgan fingerprint density at radius 3 is 2.31 bits per heavy atom. The molecule has 16 heavy (non-hydrogen) atoms. The van der Waals surface area contributed by atoms with Gasteiger partial charge in [-0.25, -0.2) is 0 Å². The molecule has 0 amide bonds. The van der Waals surface area contributed by atoms with Gasteiger partial charge in [-0.15, -0.1) is 0 Å². The molecule has 0 bridgehead atoms. The number of nitrogens with zero attached hydrogens (tertiary/aromatic N) is 1. The highest BCUT2D eigenvalue weighted by atomic mass is 16.6. The highest BCUT2D eigenvalue weighted by Gasteiger charge is 2.02. The van der Waals surface area contributed by atoms with Crippen LogP contribution in [0.15, 0.2) is 30.0 Å². The van der Waals surface area contributed by atoms with E-state index in [9.17, 15) is 14.9 Å². The first-order valence-electron chi connectivity index (χ1n) is 4.60. The molecule has 0 unspecified atom stereocenters. The van der Waals surface area contributed by atoms with E-state index in [1.54, 1.807) is 24.3 Å². The SMILES string of the molecule is CC(=O)Oc1ccc(C=C(C)[N+](=O)[O-])cc1. The third kappa shape index (κ3) is 3.53. The Morgan fingerprint density at radius 1 is 1.31 bits per heavy atom. The van der Waals surface area contributed by atoms with Crippen LogP contribution in [-0.2, 0) is 4.79 Å². The summed E-state index contributed by atoms with van der Waals surface area (Å²) >= 11 is 0. The Kier molecular flexibility index (Phi) is 3.77. The molecular formula is C11H11NO4. The first-order chi connectivity index (χ1) is 7.49. The first kappa shape index (κ1) is 11.9. The van der Waals surface area contributed by atoms with Crippen LogP contribution in [0.5, 0.6) is 5.75 Å². The fourth-order valence-corrected chi connectivity index (χ4v) is 1.09. The van der Waals surface area contributed by atoms with E-state index in [1.165, 1.54) is 19.9 Å². The van der Waals surface area contributed by atoms with Crippen LogP contribution in [0, 0.1) is 10.1 Å². The van der Waals surface area contributed by atoms with E-state index in [2.05, 4.69) is 0 Å². The Hall–Kier alpha value is -2.17. The van der Waals surface area contributed by atoms with Gasteiger partial charge >= 0.3 is 5.97 Å². The van der Waals surface area contributed by atoms with Crippen molar-refractivity contribution >= 4 is 12.0 Å². The molecule has 0 aromatic heterocycles. The van der Waals surface area contributed by atoms with Gasteiger partial charge in [-0.3, -0.25) is 14.9 Å². The van der Waals surface area contributed by atoms with Crippen molar-refractivity contribution in [1.29, 1.82) is 0 Å². The molecule has 0 heterocycles. The highest BCUT2D eigenvalue weighted by Crippen LogP contribution is 2.14. The number of hydrogen-bond acceptors (Lipinski definition) is 4. The second kappa shape index (κ2) is 5.06. The van der Waals surface area contributed by atoms with Crippen LogP contribution < -0.4 is 4.74 Å². The molecule has 0 spiro atoms. The van der Waals surface area contributed by atoms with Gasteiger partial charge in [0.1, 0.15) is 5.75 Å². The minimum absolute atomic E-state index is 0.0558. The van der Waals surface area contributed by atoms with Gasteiger partial charge in [0.25, 0.3) is 0 Å². The number of nitro groups is 1. The Labute approximate surface area is 92.5 Å². The molecule has 0 N–H and O–H groups in total. The zero-order chi connectivity index (χ0) is 12.1. The normalized spacial score (nSPS) is 11.0. The molecule has 1 aromatic carbocycles. The highest BCUT2D eigenvalue weighted by molar-refractivity contribution is 5.69. The van der Waals surface area contributed by atoms with E-state index < -0.39 is 10.9 Å². The van der Waals surface area contributed by atoms with Crippen molar-refractivity contribution in [2.24, 2.45) is 0 Å². The number of carbonyl (C=O) groups excluding carboxylic acids is 1. The lowest BCUT2D eigenvalue weighted by Gasteiger charge is -2.00. The smallest absolute Gasteiger partial charge is 0.308 e. The predicted molar refractivity (Wildman–Crippen MR) is 58.4 cm³/mol. The molecule has 0 aliphatic rings. The third-order valence-electron chi connectivity index (χ3n) is 1.81. The van der Waals surface area contributed by atoms with E-state index in [4.69, 9.17) is 4.74 Å². The summed E-state index contributed by atoms with van der Waals surface area (Å²) in [4.78, 5) is 20.6. The minimum atomic E-state index is -0.458. The average Bonchev–Trinajstić information content (AvgIpc) is 2.20. The Balaban J connectivity index is 2.83. The van der Waals surface area contributed by atoms with Crippen LogP contribution in [0.4, 0.5) is 0 Å². The van der Waals surface area contributed by atoms with Gasteiger partial charge in [0.15, 0.2) is 0 Å². The lowest BCUT2D eigenvalue weighted by atomic mass is 10.2. The number of esters is 1. The lowest BCUT2D eigenvalue weighted by molar-refractivity contribution is -0.422. The van der Waals surface area contributed by atoms with Crippen LogP contribution in [0.2, 0.25) is 0 Å². The second-order valence-corrected chi connectivity index (χ2v) is 3.21. The maximum atomic E-state index is 10.6. The molecule has 0 saturated heterocycles. The lowest BCUT2D eigenvalue weighted by Crippen LogP contribution is -2.00. The first-order valence-corrected chi connectivity index (χ1v) is 4.60. The summed E-state index contributed by atoms with van der Waals surface area (Å²) in [6, 6.07) is 6.46. The topological polar surface area (TPSA) is 69.4 Å². The van der Waals surface area contributed by atoms with Crippen LogP contribution in [0.3, 0.4) is 0 Å². The molecule has 1 aromatic rings. The van der Waals surface area contributed by atoms with E-state index >= 15 is 0 Å². The average molecular weight is 221 g/mol. The van der Waals surface area contributed by atoms with E-state index in [1.807, 2.05) is 0 Å². The third-order valence-corrected chi connectivity index (χ3v) is 1.81. The number of allylic oxidation sites excluding steroid dienone is 1. The number of rotatable bonds is 3. The van der Waals surface area contributed by atoms with Gasteiger partial charge in [0.2, 0.25) is 5.70 Å². The molecule has 1 rings (SSSR count). The number of benzene rings is 1. The zero-order valence-corrected chi connectivity index (χ0v) is 8.97. The van der Waals surface area contributed by atoms with Gasteiger partial charge in [-0.2, -0.15) is 0 Å². The molecule has 0 saturated carbocycles. The molecule has 0 radical (unpaired) electrons. The monoisotopic (exact) mass is 221 g/mol. The summed E-state index contributed by atoms with van der Waals surface area (Å²) in [7, 11) is 0. The predicted octanol–water partition coefficient (Wildman–Crippen LogP) is 2.25. The number of carbonyl (C=O) groups is 1. The Bertz CT molecular complexity index is 434. The van der Waals surface area contributed by atoms with Crippen molar-refractivity contribution in [2.45, 2.75) is 13.8 Å². The van der Waals surface area contributed by atoms with Crippen molar-refractivity contribution in [3.8, 4) is 5.75 Å². The fraction of sp³-hybridized carbons (Fsp3) is 0.182. The minimum Gasteiger partial charge on any atom is -0.427 e. The standard InChI is InChI=1S/C11H11NO4/c1-8(12(14)15)7-10-3-5-11(6-4-10)16-9(2)13/h3-7H,1-2H3. The molecule has 0 aliphatic heterocycles. The van der Waals surface area contributed by atoms with Crippen LogP contribution in [0.25, 0.3) is 6.08 Å². The molecule has 84 valence electrons. The van der Waals surface area contributed by atoms with Gasteiger partial charge < -0.3 is 4.74 Å². The Morgan fingerprint density at radius 2 is 1.88 bits per heavy atom. The van der Waals surface area contributed by atoms with Crippen LogP contribution >= 0.6 is 0 Å². The summed E-state index contributed by atoms with van der Waals surface area (Å²) in [5, 5.41) is 10.4. The molecule has 5 heteroatoms. The van der Waals surface area contributed by atoms with Crippen LogP contribution in [-0.4, -0.2) is 10.9 Å². The fourth-order valence-electron chi connectivity index (χ4n) is 1.09. The van der Waals surface area contributed by atoms with Crippen molar-refractivity contribution in [1.82, 2.24) is 0 Å². The summed E-state index contributed by atoms with van der Waals surface area (Å²) in [5.41, 5.74) is 0.741. The van der Waals surface area contributed by atoms with Crippen molar-refractivity contribution in [3.63, 3.8) is 0 Å². The van der Waals surface area contributed by atoms with Gasteiger partial charge in [-0.05, 0) is 17.7 Å². The summed E-state index contributed by atoms with van der Waals surface area (Å²) in [6.07, 6.45) is 1.44. The summed E-state index contributed by atoms with van der Waals surface area (Å²) in [5.74, 6) is 0.0215. The van der Waals surface area contributed by atoms with Crippen molar-refractivity contribution in [3.05, 3.63) is 45.6 Å². The second-order valence-electron chi connectivity index (χ2n) is 3.21. The maximum absolute atomic E-state index is 10.6. The van der Waals surface area contributed by atoms with Gasteiger partial charge in [-0.1, -0.05) is 12.1 Å². The molecular weight excluding hydrogens is 210 g/mol. The van der Waals surface area contributed by atoms with E-state index in [-0.39, 0.29) is 5.70 Å². The molecule has 0 atom stereocenters. The van der Waals surface area contributed by atoms with Crippen molar-refractivity contribution < 1.29 is 14.5 Å². The molecule has 5 nitrogen and oxygen atoms in total. The quantitative estimate of drug-likeness (QED) is 0.339.